The molecule has 0 aliphatic heterocycles. The van der Waals surface area contributed by atoms with Crippen molar-refractivity contribution in [2.45, 2.75) is 58.6 Å². The second kappa shape index (κ2) is 11.7. The lowest BCUT2D eigenvalue weighted by Crippen LogP contribution is -2.37. The Hall–Kier alpha value is -2.64. The average molecular weight is 487 g/mol. The van der Waals surface area contributed by atoms with Crippen molar-refractivity contribution in [1.29, 1.82) is 0 Å². The molecule has 0 radical (unpaired) electrons. The van der Waals surface area contributed by atoms with Gasteiger partial charge in [0.2, 0.25) is 0 Å². The fourth-order valence-corrected chi connectivity index (χ4v) is 4.29. The molecule has 3 rings (SSSR count). The van der Waals surface area contributed by atoms with Gasteiger partial charge in [0.05, 0.1) is 16.3 Å². The molecule has 0 atom stereocenters. The molecule has 1 aromatic carbocycles. The highest BCUT2D eigenvalue weighted by atomic mass is 35.5. The normalized spacial score (nSPS) is 18.3. The lowest BCUT2D eigenvalue weighted by Gasteiger charge is -2.29. The predicted molar refractivity (Wildman–Crippen MR) is 135 cm³/mol. The number of pyridine rings is 1. The third-order valence-corrected chi connectivity index (χ3v) is 6.34. The molecule has 1 saturated carbocycles. The van der Waals surface area contributed by atoms with E-state index in [2.05, 4.69) is 15.6 Å². The number of aromatic nitrogens is 1. The van der Waals surface area contributed by atoms with Crippen molar-refractivity contribution in [1.82, 2.24) is 15.6 Å². The van der Waals surface area contributed by atoms with Crippen LogP contribution in [-0.4, -0.2) is 35.7 Å². The van der Waals surface area contributed by atoms with Crippen LogP contribution in [0.25, 0.3) is 11.3 Å². The number of benzene rings is 1. The highest BCUT2D eigenvalue weighted by Crippen LogP contribution is 2.28. The topological polar surface area (TPSA) is 106 Å². The number of carbonyl (C=O) groups excluding carboxylic acids is 2. The van der Waals surface area contributed by atoms with Crippen LogP contribution in [-0.2, 0) is 11.3 Å². The number of nitrogens with two attached hydrogens (primary N) is 1. The Balaban J connectivity index is 1.47. The zero-order valence-electron chi connectivity index (χ0n) is 20.2. The number of hydrogen-bond donors (Lipinski definition) is 3. The summed E-state index contributed by atoms with van der Waals surface area (Å²) in [6.07, 6.45) is 5.18. The van der Waals surface area contributed by atoms with Gasteiger partial charge in [-0.05, 0) is 69.9 Å². The SMILES string of the molecule is CC(C)(C)OC(=O)NCC1CCC(CNC(=O)c2cc(-c3ccc(CN)cc3)ncc2Cl)CC1. The van der Waals surface area contributed by atoms with Crippen LogP contribution in [0.15, 0.2) is 36.5 Å². The van der Waals surface area contributed by atoms with Crippen molar-refractivity contribution in [3.63, 3.8) is 0 Å². The van der Waals surface area contributed by atoms with Gasteiger partial charge >= 0.3 is 6.09 Å². The summed E-state index contributed by atoms with van der Waals surface area (Å²) in [6, 6.07) is 9.51. The minimum atomic E-state index is -0.493. The summed E-state index contributed by atoms with van der Waals surface area (Å²) in [6.45, 7) is 7.26. The number of nitrogens with zero attached hydrogens (tertiary/aromatic N) is 1. The average Bonchev–Trinajstić information content (AvgIpc) is 2.81. The predicted octanol–water partition coefficient (Wildman–Crippen LogP) is 4.92. The Morgan fingerprint density at radius 2 is 1.65 bits per heavy atom. The molecule has 8 heteroatoms. The maximum Gasteiger partial charge on any atom is 0.407 e. The van der Waals surface area contributed by atoms with E-state index in [9.17, 15) is 9.59 Å². The van der Waals surface area contributed by atoms with Crippen LogP contribution >= 0.6 is 11.6 Å². The number of amides is 2. The zero-order valence-corrected chi connectivity index (χ0v) is 21.0. The van der Waals surface area contributed by atoms with E-state index in [0.717, 1.165) is 36.8 Å². The highest BCUT2D eigenvalue weighted by Gasteiger charge is 2.24. The van der Waals surface area contributed by atoms with Crippen LogP contribution in [0.1, 0.15) is 62.4 Å². The maximum atomic E-state index is 12.8. The van der Waals surface area contributed by atoms with Gasteiger partial charge < -0.3 is 21.1 Å². The van der Waals surface area contributed by atoms with Crippen LogP contribution in [0.2, 0.25) is 5.02 Å². The summed E-state index contributed by atoms with van der Waals surface area (Å²) in [7, 11) is 0. The first-order chi connectivity index (χ1) is 16.1. The van der Waals surface area contributed by atoms with Crippen LogP contribution in [0.3, 0.4) is 0 Å². The fraction of sp³-hybridized carbons (Fsp3) is 0.500. The third kappa shape index (κ3) is 7.71. The smallest absolute Gasteiger partial charge is 0.407 e. The molecule has 1 aliphatic carbocycles. The van der Waals surface area contributed by atoms with E-state index in [4.69, 9.17) is 22.1 Å². The summed E-state index contributed by atoms with van der Waals surface area (Å²) in [5.74, 6) is 0.647. The van der Waals surface area contributed by atoms with Crippen molar-refractivity contribution in [3.8, 4) is 11.3 Å². The van der Waals surface area contributed by atoms with E-state index in [0.29, 0.717) is 47.8 Å². The molecule has 0 spiro atoms. The number of nitrogens with one attached hydrogen (secondary N) is 2. The van der Waals surface area contributed by atoms with E-state index in [-0.39, 0.29) is 12.0 Å². The van der Waals surface area contributed by atoms with Crippen molar-refractivity contribution in [2.24, 2.45) is 17.6 Å². The van der Waals surface area contributed by atoms with E-state index >= 15 is 0 Å². The van der Waals surface area contributed by atoms with Crippen molar-refractivity contribution < 1.29 is 14.3 Å². The van der Waals surface area contributed by atoms with E-state index in [1.165, 1.54) is 6.20 Å². The number of alkyl carbamates (subject to hydrolysis) is 1. The summed E-state index contributed by atoms with van der Waals surface area (Å²) >= 11 is 6.28. The summed E-state index contributed by atoms with van der Waals surface area (Å²) in [4.78, 5) is 29.1. The summed E-state index contributed by atoms with van der Waals surface area (Å²) < 4.78 is 5.30. The molecule has 1 heterocycles. The first-order valence-electron chi connectivity index (χ1n) is 11.8. The Kier molecular flexibility index (Phi) is 8.91. The second-order valence-corrected chi connectivity index (χ2v) is 10.3. The number of ether oxygens (including phenoxy) is 1. The molecule has 184 valence electrons. The molecule has 0 bridgehead atoms. The maximum absolute atomic E-state index is 12.8. The van der Waals surface area contributed by atoms with E-state index < -0.39 is 5.60 Å². The molecular formula is C26H35ClN4O3. The van der Waals surface area contributed by atoms with Crippen LogP contribution < -0.4 is 16.4 Å². The molecule has 1 aliphatic rings. The van der Waals surface area contributed by atoms with Crippen LogP contribution in [0.4, 0.5) is 4.79 Å². The van der Waals surface area contributed by atoms with Gasteiger partial charge in [-0.15, -0.1) is 0 Å². The Morgan fingerprint density at radius 3 is 2.21 bits per heavy atom. The lowest BCUT2D eigenvalue weighted by atomic mass is 9.82. The minimum Gasteiger partial charge on any atom is -0.444 e. The van der Waals surface area contributed by atoms with Gasteiger partial charge in [0.15, 0.2) is 0 Å². The van der Waals surface area contributed by atoms with Gasteiger partial charge in [-0.1, -0.05) is 35.9 Å². The first kappa shape index (κ1) is 26.0. The van der Waals surface area contributed by atoms with Gasteiger partial charge in [0.1, 0.15) is 5.60 Å². The standard InChI is InChI=1S/C26H35ClN4O3/c1-26(2,3)34-25(33)31-15-19-6-4-18(5-7-19)14-30-24(32)21-12-23(29-16-22(21)27)20-10-8-17(13-28)9-11-20/h8-12,16,18-19H,4-7,13-15,28H2,1-3H3,(H,30,32)(H,31,33). The molecule has 0 unspecified atom stereocenters. The molecule has 1 aromatic heterocycles. The zero-order chi connectivity index (χ0) is 24.7. The highest BCUT2D eigenvalue weighted by molar-refractivity contribution is 6.33. The number of hydrogen-bond acceptors (Lipinski definition) is 5. The molecule has 0 saturated heterocycles. The van der Waals surface area contributed by atoms with Crippen molar-refractivity contribution >= 4 is 23.6 Å². The molecule has 1 fully saturated rings. The van der Waals surface area contributed by atoms with Crippen LogP contribution in [0.5, 0.6) is 0 Å². The van der Waals surface area contributed by atoms with Gasteiger partial charge in [0.25, 0.3) is 5.91 Å². The molecule has 34 heavy (non-hydrogen) atoms. The Bertz CT molecular complexity index is 981. The minimum absolute atomic E-state index is 0.194. The number of rotatable bonds is 7. The molecule has 2 amide bonds. The Labute approximate surface area is 206 Å². The van der Waals surface area contributed by atoms with Crippen molar-refractivity contribution in [2.75, 3.05) is 13.1 Å². The first-order valence-corrected chi connectivity index (χ1v) is 12.2. The molecular weight excluding hydrogens is 452 g/mol. The van der Waals surface area contributed by atoms with Gasteiger partial charge in [-0.2, -0.15) is 0 Å². The quantitative estimate of drug-likeness (QED) is 0.515. The molecule has 4 N–H and O–H groups in total. The summed E-state index contributed by atoms with van der Waals surface area (Å²) in [5, 5.41) is 6.24. The van der Waals surface area contributed by atoms with Gasteiger partial charge in [-0.3, -0.25) is 9.78 Å². The fourth-order valence-electron chi connectivity index (χ4n) is 4.10. The van der Waals surface area contributed by atoms with Gasteiger partial charge in [0, 0.05) is 31.4 Å². The second-order valence-electron chi connectivity index (χ2n) is 9.93. The molecule has 7 nitrogen and oxygen atoms in total. The van der Waals surface area contributed by atoms with Gasteiger partial charge in [-0.25, -0.2) is 4.79 Å². The third-order valence-electron chi connectivity index (χ3n) is 6.04. The van der Waals surface area contributed by atoms with Crippen molar-refractivity contribution in [3.05, 3.63) is 52.7 Å². The monoisotopic (exact) mass is 486 g/mol. The Morgan fingerprint density at radius 1 is 1.06 bits per heavy atom. The number of carbonyl (C=O) groups is 2. The lowest BCUT2D eigenvalue weighted by molar-refractivity contribution is 0.0512. The van der Waals surface area contributed by atoms with Crippen LogP contribution in [0, 0.1) is 11.8 Å². The largest absolute Gasteiger partial charge is 0.444 e. The van der Waals surface area contributed by atoms with E-state index in [1.54, 1.807) is 6.07 Å². The number of halogens is 1. The van der Waals surface area contributed by atoms with E-state index in [1.807, 2.05) is 45.0 Å². The molecule has 2 aromatic rings. The summed E-state index contributed by atoms with van der Waals surface area (Å²) in [5.41, 5.74) is 8.22.